The Labute approximate surface area is 208 Å². The van der Waals surface area contributed by atoms with E-state index in [0.29, 0.717) is 24.9 Å². The molecule has 190 valence electrons. The lowest BCUT2D eigenvalue weighted by Gasteiger charge is -2.28. The van der Waals surface area contributed by atoms with Crippen molar-refractivity contribution >= 4 is 0 Å². The molecule has 1 heterocycles. The fourth-order valence-corrected chi connectivity index (χ4v) is 3.92. The monoisotopic (exact) mass is 483 g/mol. The van der Waals surface area contributed by atoms with Crippen LogP contribution in [0.1, 0.15) is 40.2 Å². The third kappa shape index (κ3) is 7.88. The molecule has 0 aliphatic carbocycles. The summed E-state index contributed by atoms with van der Waals surface area (Å²) in [6.07, 6.45) is -0.652. The molecule has 0 unspecified atom stereocenters. The first-order valence-corrected chi connectivity index (χ1v) is 12.1. The van der Waals surface area contributed by atoms with Gasteiger partial charge in [0.2, 0.25) is 5.88 Å². The number of benzene rings is 2. The highest BCUT2D eigenvalue weighted by molar-refractivity contribution is 5.65. The average molecular weight is 484 g/mol. The van der Waals surface area contributed by atoms with Crippen molar-refractivity contribution in [2.24, 2.45) is 13.0 Å². The van der Waals surface area contributed by atoms with Gasteiger partial charge in [-0.25, -0.2) is 9.07 Å². The zero-order valence-electron chi connectivity index (χ0n) is 21.7. The van der Waals surface area contributed by atoms with Gasteiger partial charge < -0.3 is 14.6 Å². The Balaban J connectivity index is 1.96. The summed E-state index contributed by atoms with van der Waals surface area (Å²) in [6, 6.07) is 16.2. The second kappa shape index (κ2) is 11.8. The summed E-state index contributed by atoms with van der Waals surface area (Å²) in [5.41, 5.74) is 2.23. The van der Waals surface area contributed by atoms with Crippen LogP contribution in [0, 0.1) is 11.7 Å². The number of aryl methyl sites for hydroxylation is 1. The minimum Gasteiger partial charge on any atom is -0.436 e. The minimum atomic E-state index is -0.652. The van der Waals surface area contributed by atoms with Gasteiger partial charge in [-0.15, -0.1) is 0 Å². The van der Waals surface area contributed by atoms with Crippen LogP contribution < -0.4 is 4.74 Å². The second-order valence-corrected chi connectivity index (χ2v) is 10.3. The molecule has 0 spiro atoms. The molecule has 7 heteroatoms. The largest absolute Gasteiger partial charge is 0.436 e. The molecule has 1 atom stereocenters. The summed E-state index contributed by atoms with van der Waals surface area (Å²) in [5.74, 6) is 0.557. The summed E-state index contributed by atoms with van der Waals surface area (Å²) >= 11 is 0. The van der Waals surface area contributed by atoms with E-state index >= 15 is 0 Å². The molecule has 1 aromatic heterocycles. The maximum absolute atomic E-state index is 14.4. The lowest BCUT2D eigenvalue weighted by atomic mass is 10.1. The Morgan fingerprint density at radius 1 is 1.03 bits per heavy atom. The lowest BCUT2D eigenvalue weighted by molar-refractivity contribution is -0.0573. The number of aromatic nitrogens is 2. The molecule has 0 radical (unpaired) electrons. The highest BCUT2D eigenvalue weighted by Crippen LogP contribution is 2.35. The van der Waals surface area contributed by atoms with Crippen molar-refractivity contribution in [3.05, 3.63) is 66.0 Å². The summed E-state index contributed by atoms with van der Waals surface area (Å²) < 4.78 is 28.0. The fraction of sp³-hybridized carbons (Fsp3) is 0.464. The summed E-state index contributed by atoms with van der Waals surface area (Å²) in [6.45, 7) is 12.1. The Bertz CT molecular complexity index is 1080. The van der Waals surface area contributed by atoms with Crippen molar-refractivity contribution in [2.75, 3.05) is 19.7 Å². The van der Waals surface area contributed by atoms with Crippen LogP contribution in [0.4, 0.5) is 4.39 Å². The fourth-order valence-electron chi connectivity index (χ4n) is 3.92. The maximum atomic E-state index is 14.4. The zero-order chi connectivity index (χ0) is 25.6. The SMILES string of the molecule is CC(C)CN(Cc1c(-c2ccccc2)nn(C)c1Oc1ccccc1F)C[C@H](O)COC(C)(C)C. The van der Waals surface area contributed by atoms with Gasteiger partial charge in [0.15, 0.2) is 11.6 Å². The number of rotatable bonds is 11. The van der Waals surface area contributed by atoms with Crippen LogP contribution in [0.2, 0.25) is 0 Å². The van der Waals surface area contributed by atoms with Crippen molar-refractivity contribution in [2.45, 2.75) is 52.9 Å². The van der Waals surface area contributed by atoms with E-state index in [1.54, 1.807) is 29.9 Å². The third-order valence-corrected chi connectivity index (χ3v) is 5.36. The molecular weight excluding hydrogens is 445 g/mol. The number of nitrogens with zero attached hydrogens (tertiary/aromatic N) is 3. The van der Waals surface area contributed by atoms with Crippen LogP contribution in [0.15, 0.2) is 54.6 Å². The number of para-hydroxylation sites is 1. The van der Waals surface area contributed by atoms with E-state index in [2.05, 4.69) is 18.7 Å². The minimum absolute atomic E-state index is 0.144. The number of hydrogen-bond donors (Lipinski definition) is 1. The van der Waals surface area contributed by atoms with E-state index in [-0.39, 0.29) is 18.0 Å². The topological polar surface area (TPSA) is 59.8 Å². The zero-order valence-corrected chi connectivity index (χ0v) is 21.7. The molecule has 0 saturated heterocycles. The predicted molar refractivity (Wildman–Crippen MR) is 137 cm³/mol. The lowest BCUT2D eigenvalue weighted by Crippen LogP contribution is -2.38. The van der Waals surface area contributed by atoms with Gasteiger partial charge in [-0.3, -0.25) is 4.90 Å². The van der Waals surface area contributed by atoms with Crippen molar-refractivity contribution in [1.29, 1.82) is 0 Å². The van der Waals surface area contributed by atoms with Crippen molar-refractivity contribution in [1.82, 2.24) is 14.7 Å². The summed E-state index contributed by atoms with van der Waals surface area (Å²) in [5, 5.41) is 15.5. The average Bonchev–Trinajstić information content (AvgIpc) is 3.08. The first kappa shape index (κ1) is 26.9. The van der Waals surface area contributed by atoms with E-state index in [1.165, 1.54) is 6.07 Å². The Morgan fingerprint density at radius 2 is 1.69 bits per heavy atom. The normalized spacial score (nSPS) is 13.0. The number of hydrogen-bond acceptors (Lipinski definition) is 5. The molecule has 0 aliphatic heterocycles. The Morgan fingerprint density at radius 3 is 2.31 bits per heavy atom. The number of halogens is 1. The summed E-state index contributed by atoms with van der Waals surface area (Å²) in [4.78, 5) is 2.18. The molecule has 0 aliphatic rings. The first-order chi connectivity index (χ1) is 16.5. The maximum Gasteiger partial charge on any atom is 0.222 e. The number of aliphatic hydroxyl groups excluding tert-OH is 1. The molecule has 3 aromatic rings. The van der Waals surface area contributed by atoms with Crippen LogP contribution in [-0.4, -0.2) is 51.2 Å². The molecule has 0 bridgehead atoms. The van der Waals surface area contributed by atoms with Gasteiger partial charge in [-0.05, 0) is 38.8 Å². The van der Waals surface area contributed by atoms with E-state index in [0.717, 1.165) is 23.4 Å². The van der Waals surface area contributed by atoms with E-state index < -0.39 is 11.9 Å². The summed E-state index contributed by atoms with van der Waals surface area (Å²) in [7, 11) is 1.80. The predicted octanol–water partition coefficient (Wildman–Crippen LogP) is 5.65. The molecule has 2 aromatic carbocycles. The Kier molecular flexibility index (Phi) is 9.05. The molecule has 0 fully saturated rings. The highest BCUT2D eigenvalue weighted by atomic mass is 19.1. The smallest absolute Gasteiger partial charge is 0.222 e. The van der Waals surface area contributed by atoms with Gasteiger partial charge in [-0.1, -0.05) is 56.3 Å². The van der Waals surface area contributed by atoms with Gasteiger partial charge in [0.25, 0.3) is 0 Å². The van der Waals surface area contributed by atoms with Crippen molar-refractivity contribution in [3.8, 4) is 22.9 Å². The van der Waals surface area contributed by atoms with Crippen LogP contribution in [0.25, 0.3) is 11.3 Å². The molecule has 0 amide bonds. The van der Waals surface area contributed by atoms with Crippen LogP contribution in [-0.2, 0) is 18.3 Å². The van der Waals surface area contributed by atoms with Crippen LogP contribution >= 0.6 is 0 Å². The second-order valence-electron chi connectivity index (χ2n) is 10.3. The highest BCUT2D eigenvalue weighted by Gasteiger charge is 2.25. The van der Waals surface area contributed by atoms with Gasteiger partial charge in [-0.2, -0.15) is 5.10 Å². The third-order valence-electron chi connectivity index (χ3n) is 5.36. The van der Waals surface area contributed by atoms with Crippen molar-refractivity contribution in [3.63, 3.8) is 0 Å². The molecular formula is C28H38FN3O3. The molecule has 35 heavy (non-hydrogen) atoms. The quantitative estimate of drug-likeness (QED) is 0.382. The molecule has 0 saturated carbocycles. The van der Waals surface area contributed by atoms with Gasteiger partial charge in [0.1, 0.15) is 5.69 Å². The van der Waals surface area contributed by atoms with E-state index in [4.69, 9.17) is 14.6 Å². The van der Waals surface area contributed by atoms with Gasteiger partial charge >= 0.3 is 0 Å². The molecule has 1 N–H and O–H groups in total. The van der Waals surface area contributed by atoms with Gasteiger partial charge in [0, 0.05) is 32.2 Å². The van der Waals surface area contributed by atoms with E-state index in [9.17, 15) is 9.50 Å². The van der Waals surface area contributed by atoms with E-state index in [1.807, 2.05) is 51.1 Å². The van der Waals surface area contributed by atoms with Gasteiger partial charge in [0.05, 0.1) is 23.9 Å². The van der Waals surface area contributed by atoms with Crippen LogP contribution in [0.5, 0.6) is 11.6 Å². The number of ether oxygens (including phenoxy) is 2. The Hall–Kier alpha value is -2.74. The standard InChI is InChI=1S/C28H38FN3O3/c1-20(2)16-32(17-22(33)19-34-28(3,4)5)18-23-26(21-12-8-7-9-13-21)30-31(6)27(23)35-25-15-11-10-14-24(25)29/h7-15,20,22,33H,16-19H2,1-6H3/t22-/m0/s1. The van der Waals surface area contributed by atoms with Crippen LogP contribution in [0.3, 0.4) is 0 Å². The molecule has 6 nitrogen and oxygen atoms in total. The van der Waals surface area contributed by atoms with Crippen molar-refractivity contribution < 1.29 is 19.0 Å². The molecule has 3 rings (SSSR count). The first-order valence-electron chi connectivity index (χ1n) is 12.1. The number of aliphatic hydroxyl groups is 1.